The van der Waals surface area contributed by atoms with E-state index in [1.165, 1.54) is 11.8 Å². The van der Waals surface area contributed by atoms with Crippen molar-refractivity contribution in [2.45, 2.75) is 12.7 Å². The van der Waals surface area contributed by atoms with Gasteiger partial charge in [-0.1, -0.05) is 0 Å². The summed E-state index contributed by atoms with van der Waals surface area (Å²) in [7, 11) is -4.44. The van der Waals surface area contributed by atoms with Crippen LogP contribution in [0.15, 0.2) is 0 Å². The number of nitrogens with zero attached hydrogens (tertiary/aromatic N) is 4. The highest BCUT2D eigenvalue weighted by Crippen LogP contribution is 2.42. The van der Waals surface area contributed by atoms with Crippen LogP contribution in [0.4, 0.5) is 0 Å². The molecule has 0 saturated carbocycles. The maximum Gasteiger partial charge on any atom is 0.342 e. The first-order valence-electron chi connectivity index (χ1n) is 9.50. The van der Waals surface area contributed by atoms with Crippen LogP contribution in [-0.2, 0) is 18.9 Å². The quantitative estimate of drug-likeness (QED) is 0.254. The third-order valence-corrected chi connectivity index (χ3v) is 6.26. The van der Waals surface area contributed by atoms with Crippen LogP contribution >= 0.6 is 7.60 Å². The number of carbonyl (C=O) groups is 3. The molecular formula is C16H31N4O9P. The summed E-state index contributed by atoms with van der Waals surface area (Å²) in [5.41, 5.74) is 0. The fraction of sp³-hybridized carbons (Fsp3) is 0.812. The Morgan fingerprint density at radius 2 is 0.967 bits per heavy atom. The molecule has 1 saturated heterocycles. The predicted octanol–water partition coefficient (Wildman–Crippen LogP) is -2.01. The molecule has 0 bridgehead atoms. The van der Waals surface area contributed by atoms with Crippen LogP contribution < -0.4 is 0 Å². The number of carboxylic acids is 3. The summed E-state index contributed by atoms with van der Waals surface area (Å²) in [6, 6.07) is 0. The molecule has 0 spiro atoms. The minimum atomic E-state index is -4.44. The molecule has 1 aliphatic heterocycles. The Morgan fingerprint density at radius 3 is 1.20 bits per heavy atom. The van der Waals surface area contributed by atoms with E-state index in [9.17, 15) is 28.7 Å². The molecule has 1 rings (SSSR count). The van der Waals surface area contributed by atoms with Crippen molar-refractivity contribution in [2.24, 2.45) is 0 Å². The van der Waals surface area contributed by atoms with Crippen LogP contribution in [0.3, 0.4) is 0 Å². The van der Waals surface area contributed by atoms with Crippen LogP contribution in [-0.4, -0.2) is 140 Å². The lowest BCUT2D eigenvalue weighted by molar-refractivity contribution is -0.140. The van der Waals surface area contributed by atoms with Crippen molar-refractivity contribution < 1.29 is 44.1 Å². The second kappa shape index (κ2) is 12.3. The van der Waals surface area contributed by atoms with Crippen LogP contribution in [0.5, 0.6) is 0 Å². The zero-order chi connectivity index (χ0) is 22.9. The van der Waals surface area contributed by atoms with E-state index in [-0.39, 0.29) is 72.0 Å². The van der Waals surface area contributed by atoms with Gasteiger partial charge in [0.05, 0.1) is 19.6 Å². The highest BCUT2D eigenvalue weighted by molar-refractivity contribution is 7.52. The number of aliphatic carboxylic acids is 3. The number of rotatable bonds is 8. The standard InChI is InChI=1S/C16H31N4O9P/c1-13(30(27,28)29)20-8-6-18(11-15(23)24)4-2-17(10-14(21)22)3-5-19(7-9-20)12-16(25)26/h13H,2-12H2,1H3,(H,21,22)(H,23,24)(H,25,26)(H2,27,28,29). The molecule has 30 heavy (non-hydrogen) atoms. The molecule has 174 valence electrons. The van der Waals surface area contributed by atoms with E-state index >= 15 is 0 Å². The second-order valence-electron chi connectivity index (χ2n) is 7.27. The summed E-state index contributed by atoms with van der Waals surface area (Å²) in [6.07, 6.45) is 0. The van der Waals surface area contributed by atoms with Gasteiger partial charge in [0.2, 0.25) is 0 Å². The maximum absolute atomic E-state index is 11.7. The summed E-state index contributed by atoms with van der Waals surface area (Å²) in [5.74, 6) is -4.27. The first-order valence-corrected chi connectivity index (χ1v) is 11.2. The third kappa shape index (κ3) is 10.4. The summed E-state index contributed by atoms with van der Waals surface area (Å²) >= 11 is 0. The molecular weight excluding hydrogens is 423 g/mol. The number of hydrogen-bond acceptors (Lipinski definition) is 8. The highest BCUT2D eigenvalue weighted by Gasteiger charge is 2.31. The lowest BCUT2D eigenvalue weighted by atomic mass is 10.3. The summed E-state index contributed by atoms with van der Waals surface area (Å²) in [5, 5.41) is 27.4. The molecule has 1 atom stereocenters. The average molecular weight is 454 g/mol. The van der Waals surface area contributed by atoms with Crippen LogP contribution in [0.2, 0.25) is 0 Å². The van der Waals surface area contributed by atoms with Gasteiger partial charge >= 0.3 is 25.5 Å². The third-order valence-electron chi connectivity index (χ3n) is 4.96. The Bertz CT molecular complexity index is 612. The molecule has 0 aromatic rings. The van der Waals surface area contributed by atoms with Gasteiger partial charge in [-0.05, 0) is 6.92 Å². The largest absolute Gasteiger partial charge is 0.480 e. The average Bonchev–Trinajstić information content (AvgIpc) is 2.59. The molecule has 0 amide bonds. The molecule has 0 radical (unpaired) electrons. The molecule has 14 heteroatoms. The van der Waals surface area contributed by atoms with Crippen molar-refractivity contribution in [2.75, 3.05) is 72.0 Å². The first kappa shape index (κ1) is 26.4. The van der Waals surface area contributed by atoms with E-state index in [0.29, 0.717) is 0 Å². The topological polar surface area (TPSA) is 182 Å². The first-order chi connectivity index (χ1) is 13.9. The van der Waals surface area contributed by atoms with Gasteiger partial charge in [-0.25, -0.2) is 0 Å². The van der Waals surface area contributed by atoms with Gasteiger partial charge < -0.3 is 25.1 Å². The van der Waals surface area contributed by atoms with E-state index in [2.05, 4.69) is 0 Å². The SMILES string of the molecule is CC(N1CCN(CC(=O)O)CCN(CC(=O)O)CCN(CC(=O)O)CC1)P(=O)(O)O. The minimum absolute atomic E-state index is 0.166. The molecule has 0 aliphatic carbocycles. The molecule has 5 N–H and O–H groups in total. The summed E-state index contributed by atoms with van der Waals surface area (Å²) in [6.45, 7) is 2.30. The van der Waals surface area contributed by atoms with Gasteiger partial charge in [0.25, 0.3) is 0 Å². The Balaban J connectivity index is 3.04. The van der Waals surface area contributed by atoms with Crippen molar-refractivity contribution in [1.82, 2.24) is 19.6 Å². The van der Waals surface area contributed by atoms with Gasteiger partial charge in [-0.15, -0.1) is 0 Å². The maximum atomic E-state index is 11.7. The van der Waals surface area contributed by atoms with E-state index in [1.54, 1.807) is 14.7 Å². The minimum Gasteiger partial charge on any atom is -0.480 e. The lowest BCUT2D eigenvalue weighted by Crippen LogP contribution is -2.49. The van der Waals surface area contributed by atoms with Crippen LogP contribution in [0, 0.1) is 0 Å². The molecule has 0 aromatic carbocycles. The van der Waals surface area contributed by atoms with Crippen molar-refractivity contribution in [1.29, 1.82) is 0 Å². The van der Waals surface area contributed by atoms with Gasteiger partial charge in [0, 0.05) is 52.4 Å². The zero-order valence-electron chi connectivity index (χ0n) is 17.0. The highest BCUT2D eigenvalue weighted by atomic mass is 31.2. The molecule has 1 fully saturated rings. The van der Waals surface area contributed by atoms with Gasteiger partial charge in [0.1, 0.15) is 5.78 Å². The molecule has 1 heterocycles. The molecule has 1 aliphatic rings. The number of carboxylic acid groups (broad SMARTS) is 3. The van der Waals surface area contributed by atoms with Crippen LogP contribution in [0.25, 0.3) is 0 Å². The fourth-order valence-corrected chi connectivity index (χ4v) is 3.84. The Labute approximate surface area is 174 Å². The molecule has 13 nitrogen and oxygen atoms in total. The predicted molar refractivity (Wildman–Crippen MR) is 105 cm³/mol. The number of hydrogen-bond donors (Lipinski definition) is 5. The Kier molecular flexibility index (Phi) is 10.8. The van der Waals surface area contributed by atoms with E-state index < -0.39 is 31.3 Å². The fourth-order valence-electron chi connectivity index (χ4n) is 3.19. The van der Waals surface area contributed by atoms with Gasteiger partial charge in [-0.2, -0.15) is 0 Å². The normalized spacial score (nSPS) is 20.8. The van der Waals surface area contributed by atoms with Crippen molar-refractivity contribution in [3.05, 3.63) is 0 Å². The van der Waals surface area contributed by atoms with Crippen molar-refractivity contribution in [3.8, 4) is 0 Å². The Morgan fingerprint density at radius 1 is 0.700 bits per heavy atom. The van der Waals surface area contributed by atoms with E-state index in [4.69, 9.17) is 15.3 Å². The van der Waals surface area contributed by atoms with E-state index in [1.807, 2.05) is 0 Å². The van der Waals surface area contributed by atoms with Gasteiger partial charge in [0.15, 0.2) is 0 Å². The lowest BCUT2D eigenvalue weighted by Gasteiger charge is -2.35. The van der Waals surface area contributed by atoms with Crippen molar-refractivity contribution >= 4 is 25.5 Å². The monoisotopic (exact) mass is 454 g/mol. The Hall–Kier alpha value is -1.60. The second-order valence-corrected chi connectivity index (χ2v) is 9.19. The van der Waals surface area contributed by atoms with Crippen molar-refractivity contribution in [3.63, 3.8) is 0 Å². The summed E-state index contributed by atoms with van der Waals surface area (Å²) < 4.78 is 11.7. The smallest absolute Gasteiger partial charge is 0.342 e. The van der Waals surface area contributed by atoms with E-state index in [0.717, 1.165) is 0 Å². The summed E-state index contributed by atoms with van der Waals surface area (Å²) in [4.78, 5) is 58.9. The van der Waals surface area contributed by atoms with Gasteiger partial charge in [-0.3, -0.25) is 38.5 Å². The van der Waals surface area contributed by atoms with Crippen LogP contribution in [0.1, 0.15) is 6.92 Å². The molecule has 1 unspecified atom stereocenters. The molecule has 0 aromatic heterocycles. The zero-order valence-corrected chi connectivity index (χ0v) is 17.9.